The van der Waals surface area contributed by atoms with E-state index in [2.05, 4.69) is 0 Å². The molecule has 0 N–H and O–H groups in total. The number of alkyl halides is 6. The monoisotopic (exact) mass is 588 g/mol. The van der Waals surface area contributed by atoms with E-state index in [4.69, 9.17) is 4.84 Å². The summed E-state index contributed by atoms with van der Waals surface area (Å²) in [4.78, 5) is 17.0. The summed E-state index contributed by atoms with van der Waals surface area (Å²) < 4.78 is 133. The van der Waals surface area contributed by atoms with Gasteiger partial charge in [-0.3, -0.25) is 9.63 Å². The number of sulfone groups is 3. The molecule has 2 rings (SSSR count). The van der Waals surface area contributed by atoms with Crippen LogP contribution in [0.4, 0.5) is 26.3 Å². The number of ketones is 1. The zero-order chi connectivity index (χ0) is 27.5. The smallest absolute Gasteiger partial charge is 0.289 e. The third-order valence-corrected chi connectivity index (χ3v) is 12.0. The number of carbonyl (C=O) groups is 1. The molecule has 18 heteroatoms. The molecule has 2 aromatic rings. The van der Waals surface area contributed by atoms with Gasteiger partial charge >= 0.3 is 11.0 Å². The van der Waals surface area contributed by atoms with Gasteiger partial charge in [0.1, 0.15) is 7.11 Å². The molecule has 1 aromatic heterocycles. The molecule has 0 radical (unpaired) electrons. The van der Waals surface area contributed by atoms with Crippen molar-refractivity contribution in [2.45, 2.75) is 22.4 Å². The Kier molecular flexibility index (Phi) is 10.7. The second-order valence-electron chi connectivity index (χ2n) is 6.42. The van der Waals surface area contributed by atoms with Crippen LogP contribution in [0.2, 0.25) is 0 Å². The number of aromatic nitrogens is 1. The molecular formula is C18H20F6NO8S3+. The first-order valence-electron chi connectivity index (χ1n) is 8.62. The van der Waals surface area contributed by atoms with Crippen molar-refractivity contribution in [1.29, 1.82) is 0 Å². The predicted molar refractivity (Wildman–Crippen MR) is 114 cm³/mol. The summed E-state index contributed by atoms with van der Waals surface area (Å²) in [6.07, 6.45) is 3.04. The Balaban J connectivity index is 0.000000668. The minimum atomic E-state index is -7.13. The Morgan fingerprint density at radius 1 is 0.778 bits per heavy atom. The van der Waals surface area contributed by atoms with Gasteiger partial charge in [0.2, 0.25) is 12.4 Å². The van der Waals surface area contributed by atoms with Gasteiger partial charge in [-0.15, -0.1) is 0 Å². The van der Waals surface area contributed by atoms with Crippen LogP contribution in [0.25, 0.3) is 0 Å². The van der Waals surface area contributed by atoms with Crippen LogP contribution >= 0.6 is 0 Å². The molecule has 1 aromatic carbocycles. The van der Waals surface area contributed by atoms with E-state index in [9.17, 15) is 56.4 Å². The number of pyridine rings is 1. The summed E-state index contributed by atoms with van der Waals surface area (Å²) in [5, 5.41) is 0. The Morgan fingerprint density at radius 2 is 1.14 bits per heavy atom. The van der Waals surface area contributed by atoms with Crippen molar-refractivity contribution in [3.05, 3.63) is 66.0 Å². The Bertz CT molecular complexity index is 1310. The summed E-state index contributed by atoms with van der Waals surface area (Å²) in [6, 6.07) is 12.7. The van der Waals surface area contributed by atoms with Crippen LogP contribution in [0, 0.1) is 0 Å². The fourth-order valence-corrected chi connectivity index (χ4v) is 9.05. The van der Waals surface area contributed by atoms with Crippen LogP contribution in [0.3, 0.4) is 0 Å². The van der Waals surface area contributed by atoms with Gasteiger partial charge in [-0.05, 0) is 0 Å². The number of rotatable bonds is 6. The molecule has 1 heterocycles. The van der Waals surface area contributed by atoms with Crippen molar-refractivity contribution in [3.8, 4) is 0 Å². The van der Waals surface area contributed by atoms with Gasteiger partial charge < -0.3 is 0 Å². The highest BCUT2D eigenvalue weighted by atomic mass is 32.3. The first kappa shape index (κ1) is 33.3. The van der Waals surface area contributed by atoms with Gasteiger partial charge in [0, 0.05) is 34.2 Å². The van der Waals surface area contributed by atoms with Gasteiger partial charge in [0.15, 0.2) is 15.6 Å². The van der Waals surface area contributed by atoms with Crippen LogP contribution in [0.1, 0.15) is 23.3 Å². The Hall–Kier alpha value is -2.73. The molecule has 0 saturated heterocycles. The van der Waals surface area contributed by atoms with Crippen LogP contribution in [-0.2, 0) is 29.5 Å². The van der Waals surface area contributed by atoms with Crippen LogP contribution < -0.4 is 9.57 Å². The second-order valence-corrected chi connectivity index (χ2v) is 13.5. The van der Waals surface area contributed by atoms with E-state index in [1.54, 1.807) is 43.8 Å². The van der Waals surface area contributed by atoms with Crippen molar-refractivity contribution >= 4 is 35.3 Å². The lowest BCUT2D eigenvalue weighted by Crippen LogP contribution is -2.48. The highest BCUT2D eigenvalue weighted by Gasteiger charge is 2.67. The van der Waals surface area contributed by atoms with E-state index in [1.165, 1.54) is 4.73 Å². The quantitative estimate of drug-likeness (QED) is 0.285. The maximum absolute atomic E-state index is 12.0. The van der Waals surface area contributed by atoms with Crippen molar-refractivity contribution in [2.75, 3.05) is 13.4 Å². The van der Waals surface area contributed by atoms with Gasteiger partial charge in [-0.1, -0.05) is 37.8 Å². The lowest BCUT2D eigenvalue weighted by Gasteiger charge is -2.19. The van der Waals surface area contributed by atoms with Crippen molar-refractivity contribution < 1.29 is 66.0 Å². The van der Waals surface area contributed by atoms with Gasteiger partial charge in [-0.25, -0.2) is 25.3 Å². The number of carbonyl (C=O) groups excluding carboxylic acids is 1. The fourth-order valence-electron chi connectivity index (χ4n) is 2.29. The van der Waals surface area contributed by atoms with E-state index < -0.39 is 44.4 Å². The molecule has 0 aliphatic carbocycles. The third-order valence-electron chi connectivity index (χ3n) is 3.81. The Labute approximate surface area is 203 Å². The number of hydrogen-bond acceptors (Lipinski definition) is 8. The molecule has 0 amide bonds. The maximum atomic E-state index is 12.0. The highest BCUT2D eigenvalue weighted by molar-refractivity contribution is 8.24. The van der Waals surface area contributed by atoms with Crippen LogP contribution in [0.15, 0.2) is 54.9 Å². The molecule has 0 aliphatic heterocycles. The molecule has 36 heavy (non-hydrogen) atoms. The number of benzene rings is 1. The maximum Gasteiger partial charge on any atom is 0.499 e. The lowest BCUT2D eigenvalue weighted by molar-refractivity contribution is -0.885. The summed E-state index contributed by atoms with van der Waals surface area (Å²) in [5.74, 6) is 0.0175. The molecule has 0 spiro atoms. The summed E-state index contributed by atoms with van der Waals surface area (Å²) >= 11 is 0. The lowest BCUT2D eigenvalue weighted by atomic mass is 10.1. The molecule has 9 nitrogen and oxygen atoms in total. The average molecular weight is 589 g/mol. The van der Waals surface area contributed by atoms with Crippen LogP contribution in [-0.4, -0.2) is 59.3 Å². The van der Waals surface area contributed by atoms with Crippen LogP contribution in [0.5, 0.6) is 0 Å². The molecule has 0 unspecified atom stereocenters. The first-order chi connectivity index (χ1) is 15.7. The van der Waals surface area contributed by atoms with Gasteiger partial charge in [0.05, 0.1) is 0 Å². The molecule has 0 saturated carbocycles. The predicted octanol–water partition coefficient (Wildman–Crippen LogP) is 2.08. The molecule has 0 bridgehead atoms. The zero-order valence-corrected chi connectivity index (χ0v) is 19.9. The summed E-state index contributed by atoms with van der Waals surface area (Å²) in [6.45, 7) is 0. The van der Waals surface area contributed by atoms with E-state index in [1.807, 2.05) is 18.2 Å². The normalized spacial score (nSPS) is 12.7. The first-order valence-corrected chi connectivity index (χ1v) is 13.7. The van der Waals surface area contributed by atoms with Crippen molar-refractivity contribution in [3.63, 3.8) is 0 Å². The van der Waals surface area contributed by atoms with Crippen molar-refractivity contribution in [2.24, 2.45) is 0 Å². The van der Waals surface area contributed by atoms with Crippen molar-refractivity contribution in [1.82, 2.24) is 0 Å². The van der Waals surface area contributed by atoms with E-state index >= 15 is 0 Å². The minimum Gasteiger partial charge on any atom is -0.289 e. The average Bonchev–Trinajstić information content (AvgIpc) is 2.71. The summed E-state index contributed by atoms with van der Waals surface area (Å²) in [7, 11) is -18.5. The molecular weight excluding hydrogens is 568 g/mol. The number of nitrogens with zero attached hydrogens (tertiary/aromatic N) is 1. The second kappa shape index (κ2) is 11.5. The van der Waals surface area contributed by atoms with E-state index in [-0.39, 0.29) is 19.5 Å². The van der Waals surface area contributed by atoms with Gasteiger partial charge in [-0.2, -0.15) is 26.3 Å². The minimum absolute atomic E-state index is 0. The number of hydrogen-bond donors (Lipinski definition) is 0. The topological polar surface area (TPSA) is 133 Å². The molecule has 0 atom stereocenters. The molecule has 0 fully saturated rings. The Morgan fingerprint density at radius 3 is 1.44 bits per heavy atom. The third kappa shape index (κ3) is 7.63. The SMILES string of the molecule is C.CO[n+]1ccc(C(=O)c2ccccc2)cc1.CS(=O)(=O)C(S(=O)(=O)C(F)(F)F)S(=O)(=O)C(F)(F)F. The zero-order valence-electron chi connectivity index (χ0n) is 17.5. The fraction of sp³-hybridized carbons (Fsp3) is 0.333. The summed E-state index contributed by atoms with van der Waals surface area (Å²) in [5.41, 5.74) is -11.6. The number of halogens is 6. The van der Waals surface area contributed by atoms with E-state index in [0.29, 0.717) is 11.1 Å². The molecule has 0 aliphatic rings. The molecule has 204 valence electrons. The largest absolute Gasteiger partial charge is 0.499 e. The standard InChI is InChI=1S/C13H12NO2.C4H4F6O6S3.CH4/c1-16-14-9-7-12(8-10-14)13(15)11-5-3-2-4-6-11;1-17(11,12)2(18(13,14)3(5,6)7)19(15,16)4(8,9)10;/h2-10H,1H3;2H,1H3;1H4/q+1;;. The van der Waals surface area contributed by atoms with E-state index in [0.717, 1.165) is 0 Å². The van der Waals surface area contributed by atoms with Gasteiger partial charge in [0.25, 0.3) is 23.6 Å². The highest BCUT2D eigenvalue weighted by Crippen LogP contribution is 2.38.